The number of hydrogen-bond donors (Lipinski definition) is 1. The highest BCUT2D eigenvalue weighted by molar-refractivity contribution is 5.91. The molecule has 0 aliphatic heterocycles. The minimum absolute atomic E-state index is 0.788. The van der Waals surface area contributed by atoms with E-state index in [4.69, 9.17) is 0 Å². The van der Waals surface area contributed by atoms with Crippen molar-refractivity contribution in [2.45, 2.75) is 0 Å². The summed E-state index contributed by atoms with van der Waals surface area (Å²) in [5, 5.41) is 7.81. The van der Waals surface area contributed by atoms with Gasteiger partial charge >= 0.3 is 0 Å². The topological polar surface area (TPSA) is 54.5 Å². The molecular formula is C11H7N4. The Labute approximate surface area is 86.0 Å². The third kappa shape index (κ3) is 1.27. The van der Waals surface area contributed by atoms with Crippen molar-refractivity contribution in [2.75, 3.05) is 0 Å². The van der Waals surface area contributed by atoms with Gasteiger partial charge in [0.25, 0.3) is 0 Å². The van der Waals surface area contributed by atoms with E-state index in [9.17, 15) is 0 Å². The van der Waals surface area contributed by atoms with Crippen LogP contribution in [0.1, 0.15) is 0 Å². The number of H-pyrrole nitrogens is 1. The van der Waals surface area contributed by atoms with Crippen LogP contribution in [0.3, 0.4) is 0 Å². The monoisotopic (exact) mass is 195 g/mol. The zero-order valence-electron chi connectivity index (χ0n) is 7.81. The smallest absolute Gasteiger partial charge is 0.155 e. The van der Waals surface area contributed by atoms with Crippen molar-refractivity contribution in [3.8, 4) is 11.1 Å². The quantitative estimate of drug-likeness (QED) is 0.644. The van der Waals surface area contributed by atoms with Gasteiger partial charge in [0.1, 0.15) is 0 Å². The normalized spacial score (nSPS) is 10.7. The summed E-state index contributed by atoms with van der Waals surface area (Å²) in [4.78, 5) is 8.22. The van der Waals surface area contributed by atoms with Crippen molar-refractivity contribution < 1.29 is 0 Å². The van der Waals surface area contributed by atoms with Crippen LogP contribution < -0.4 is 0 Å². The molecule has 0 atom stereocenters. The number of nitrogens with zero attached hydrogens (tertiary/aromatic N) is 3. The van der Waals surface area contributed by atoms with Crippen molar-refractivity contribution in [1.29, 1.82) is 0 Å². The first-order chi connectivity index (χ1) is 7.45. The average molecular weight is 195 g/mol. The Bertz CT molecular complexity index is 586. The lowest BCUT2D eigenvalue weighted by Crippen LogP contribution is -1.82. The fraction of sp³-hybridized carbons (Fsp3) is 0. The molecule has 0 bridgehead atoms. The Morgan fingerprint density at radius 1 is 1.27 bits per heavy atom. The van der Waals surface area contributed by atoms with Gasteiger partial charge in [-0.1, -0.05) is 0 Å². The molecule has 0 amide bonds. The number of hydrogen-bond acceptors (Lipinski definition) is 3. The van der Waals surface area contributed by atoms with E-state index >= 15 is 0 Å². The molecule has 1 radical (unpaired) electrons. The van der Waals surface area contributed by atoms with Crippen molar-refractivity contribution >= 4 is 11.0 Å². The molecule has 0 aromatic carbocycles. The summed E-state index contributed by atoms with van der Waals surface area (Å²) < 4.78 is 0. The Kier molecular flexibility index (Phi) is 1.71. The zero-order valence-corrected chi connectivity index (χ0v) is 7.81. The fourth-order valence-electron chi connectivity index (χ4n) is 1.57. The van der Waals surface area contributed by atoms with Gasteiger partial charge in [0, 0.05) is 35.6 Å². The number of rotatable bonds is 1. The van der Waals surface area contributed by atoms with Gasteiger partial charge in [0.05, 0.1) is 6.20 Å². The average Bonchev–Trinajstić information content (AvgIpc) is 2.78. The van der Waals surface area contributed by atoms with Crippen LogP contribution in [0.15, 0.2) is 36.9 Å². The lowest BCUT2D eigenvalue weighted by Gasteiger charge is -2.00. The van der Waals surface area contributed by atoms with Crippen LogP contribution in [0, 0.1) is 6.07 Å². The summed E-state index contributed by atoms with van der Waals surface area (Å²) in [6.07, 6.45) is 6.96. The second-order valence-corrected chi connectivity index (χ2v) is 3.16. The van der Waals surface area contributed by atoms with Gasteiger partial charge in [-0.05, 0) is 17.7 Å². The van der Waals surface area contributed by atoms with Crippen molar-refractivity contribution in [2.24, 2.45) is 0 Å². The summed E-state index contributed by atoms with van der Waals surface area (Å²) in [6, 6.07) is 6.80. The molecule has 15 heavy (non-hydrogen) atoms. The van der Waals surface area contributed by atoms with E-state index in [1.165, 1.54) is 0 Å². The van der Waals surface area contributed by atoms with Gasteiger partial charge in [-0.25, -0.2) is 4.98 Å². The molecule has 4 nitrogen and oxygen atoms in total. The van der Waals surface area contributed by atoms with Gasteiger partial charge in [-0.2, -0.15) is 5.10 Å². The largest absolute Gasteiger partial charge is 0.263 e. The molecule has 3 rings (SSSR count). The summed E-state index contributed by atoms with van der Waals surface area (Å²) >= 11 is 0. The van der Waals surface area contributed by atoms with Crippen molar-refractivity contribution in [3.05, 3.63) is 43.0 Å². The van der Waals surface area contributed by atoms with E-state index in [0.29, 0.717) is 0 Å². The van der Waals surface area contributed by atoms with Gasteiger partial charge in [0.15, 0.2) is 5.65 Å². The van der Waals surface area contributed by atoms with Crippen molar-refractivity contribution in [1.82, 2.24) is 20.2 Å². The van der Waals surface area contributed by atoms with Crippen molar-refractivity contribution in [3.63, 3.8) is 0 Å². The maximum atomic E-state index is 4.18. The molecular weight excluding hydrogens is 188 g/mol. The van der Waals surface area contributed by atoms with E-state index in [0.717, 1.165) is 22.2 Å². The first-order valence-corrected chi connectivity index (χ1v) is 4.55. The Balaban J connectivity index is 2.31. The SMILES string of the molecule is [c]1cncc(-c2ccnc3[nH]ncc23)c1. The second-order valence-electron chi connectivity index (χ2n) is 3.16. The Morgan fingerprint density at radius 3 is 3.13 bits per heavy atom. The van der Waals surface area contributed by atoms with Crippen LogP contribution in [0.2, 0.25) is 0 Å². The summed E-state index contributed by atoms with van der Waals surface area (Å²) in [7, 11) is 0. The molecule has 4 heteroatoms. The molecule has 71 valence electrons. The van der Waals surface area contributed by atoms with Crippen LogP contribution in [-0.4, -0.2) is 20.2 Å². The lowest BCUT2D eigenvalue weighted by atomic mass is 10.1. The highest BCUT2D eigenvalue weighted by atomic mass is 15.1. The van der Waals surface area contributed by atoms with E-state index in [1.807, 2.05) is 12.1 Å². The Morgan fingerprint density at radius 2 is 2.27 bits per heavy atom. The van der Waals surface area contributed by atoms with E-state index in [2.05, 4.69) is 26.2 Å². The molecule has 0 unspecified atom stereocenters. The first-order valence-electron chi connectivity index (χ1n) is 4.55. The molecule has 0 aliphatic carbocycles. The lowest BCUT2D eigenvalue weighted by molar-refractivity contribution is 1.10. The highest BCUT2D eigenvalue weighted by Gasteiger charge is 2.05. The molecule has 3 aromatic heterocycles. The predicted octanol–water partition coefficient (Wildman–Crippen LogP) is 1.82. The molecule has 0 saturated heterocycles. The highest BCUT2D eigenvalue weighted by Crippen LogP contribution is 2.24. The van der Waals surface area contributed by atoms with Crippen LogP contribution in [0.4, 0.5) is 0 Å². The molecule has 3 heterocycles. The first kappa shape index (κ1) is 8.11. The summed E-state index contributed by atoms with van der Waals surface area (Å²) in [5.74, 6) is 0. The van der Waals surface area contributed by atoms with Gasteiger partial charge in [-0.15, -0.1) is 0 Å². The minimum Gasteiger partial charge on any atom is -0.263 e. The van der Waals surface area contributed by atoms with Crippen LogP contribution >= 0.6 is 0 Å². The molecule has 1 N–H and O–H groups in total. The predicted molar refractivity (Wildman–Crippen MR) is 56.0 cm³/mol. The molecule has 0 aliphatic rings. The molecule has 0 saturated carbocycles. The molecule has 3 aromatic rings. The number of aromatic amines is 1. The number of fused-ring (bicyclic) bond motifs is 1. The second kappa shape index (κ2) is 3.16. The summed E-state index contributed by atoms with van der Waals surface area (Å²) in [5.41, 5.74) is 2.88. The van der Waals surface area contributed by atoms with Crippen LogP contribution in [0.5, 0.6) is 0 Å². The third-order valence-electron chi connectivity index (χ3n) is 2.27. The summed E-state index contributed by atoms with van der Waals surface area (Å²) in [6.45, 7) is 0. The fourth-order valence-corrected chi connectivity index (χ4v) is 1.57. The van der Waals surface area contributed by atoms with E-state index in [1.54, 1.807) is 24.8 Å². The van der Waals surface area contributed by atoms with Gasteiger partial charge < -0.3 is 0 Å². The number of nitrogens with one attached hydrogen (secondary N) is 1. The molecule has 0 spiro atoms. The standard InChI is InChI=1S/C11H7N4/c1-2-8(6-12-4-1)9-3-5-13-11-10(9)7-14-15-11/h2-7H,(H,13,14,15). The number of pyridine rings is 2. The Hall–Kier alpha value is -2.23. The maximum absolute atomic E-state index is 4.18. The maximum Gasteiger partial charge on any atom is 0.155 e. The van der Waals surface area contributed by atoms with E-state index in [-0.39, 0.29) is 0 Å². The van der Waals surface area contributed by atoms with E-state index < -0.39 is 0 Å². The minimum atomic E-state index is 0.788. The van der Waals surface area contributed by atoms with Gasteiger partial charge in [0.2, 0.25) is 0 Å². The van der Waals surface area contributed by atoms with Gasteiger partial charge in [-0.3, -0.25) is 10.1 Å². The van der Waals surface area contributed by atoms with Crippen LogP contribution in [0.25, 0.3) is 22.2 Å². The molecule has 0 fully saturated rings. The van der Waals surface area contributed by atoms with Crippen LogP contribution in [-0.2, 0) is 0 Å². The number of aromatic nitrogens is 4. The third-order valence-corrected chi connectivity index (χ3v) is 2.27. The zero-order chi connectivity index (χ0) is 10.1.